The quantitative estimate of drug-likeness (QED) is 0.559. The van der Waals surface area contributed by atoms with Gasteiger partial charge in [-0.1, -0.05) is 46.3 Å². The van der Waals surface area contributed by atoms with Crippen LogP contribution in [0.2, 0.25) is 0 Å². The average molecular weight is 314 g/mol. The Morgan fingerprint density at radius 3 is 2.50 bits per heavy atom. The lowest BCUT2D eigenvalue weighted by Crippen LogP contribution is -2.26. The molecule has 1 atom stereocenters. The van der Waals surface area contributed by atoms with Gasteiger partial charge >= 0.3 is 0 Å². The largest absolute Gasteiger partial charge is 0.396 e. The molecule has 1 aromatic rings. The summed E-state index contributed by atoms with van der Waals surface area (Å²) in [4.78, 5) is 2.39. The molecule has 0 heterocycles. The van der Waals surface area contributed by atoms with E-state index < -0.39 is 0 Å². The molecule has 0 spiro atoms. The van der Waals surface area contributed by atoms with Crippen LogP contribution in [0.15, 0.2) is 30.3 Å². The van der Waals surface area contributed by atoms with Crippen LogP contribution in [0.5, 0.6) is 0 Å². The summed E-state index contributed by atoms with van der Waals surface area (Å²) >= 11 is 3.61. The molecular formula is C15H24BrNO. The van der Waals surface area contributed by atoms with Gasteiger partial charge in [0, 0.05) is 24.4 Å². The minimum Gasteiger partial charge on any atom is -0.396 e. The van der Waals surface area contributed by atoms with Gasteiger partial charge in [0.15, 0.2) is 0 Å². The lowest BCUT2D eigenvalue weighted by atomic mass is 10.0. The normalized spacial score (nSPS) is 12.9. The Balaban J connectivity index is 2.34. The molecule has 18 heavy (non-hydrogen) atoms. The van der Waals surface area contributed by atoms with Crippen LogP contribution >= 0.6 is 15.9 Å². The molecule has 1 unspecified atom stereocenters. The lowest BCUT2D eigenvalue weighted by Gasteiger charge is -2.23. The van der Waals surface area contributed by atoms with E-state index in [0.717, 1.165) is 31.3 Å². The van der Waals surface area contributed by atoms with Crippen LogP contribution in [0.25, 0.3) is 0 Å². The van der Waals surface area contributed by atoms with Gasteiger partial charge in [-0.15, -0.1) is 0 Å². The molecule has 0 bridgehead atoms. The van der Waals surface area contributed by atoms with Crippen LogP contribution in [-0.2, 0) is 0 Å². The molecule has 1 rings (SSSR count). The molecule has 0 aliphatic rings. The summed E-state index contributed by atoms with van der Waals surface area (Å²) in [6.45, 7) is 2.50. The minimum atomic E-state index is 0.317. The fraction of sp³-hybridized carbons (Fsp3) is 0.600. The van der Waals surface area contributed by atoms with Crippen molar-refractivity contribution in [1.82, 2.24) is 4.90 Å². The zero-order valence-electron chi connectivity index (χ0n) is 11.2. The molecule has 0 saturated heterocycles. The number of aliphatic hydroxyl groups excluding tert-OH is 1. The third kappa shape index (κ3) is 5.98. The third-order valence-corrected chi connectivity index (χ3v) is 3.97. The summed E-state index contributed by atoms with van der Waals surface area (Å²) < 4.78 is 0. The van der Waals surface area contributed by atoms with Gasteiger partial charge in [-0.2, -0.15) is 0 Å². The lowest BCUT2D eigenvalue weighted by molar-refractivity contribution is 0.270. The van der Waals surface area contributed by atoms with Crippen molar-refractivity contribution in [3.05, 3.63) is 35.9 Å². The molecule has 0 fully saturated rings. The third-order valence-electron chi connectivity index (χ3n) is 3.19. The highest BCUT2D eigenvalue weighted by atomic mass is 79.9. The summed E-state index contributed by atoms with van der Waals surface area (Å²) in [6, 6.07) is 10.7. The SMILES string of the molecule is CN(CCCCCO)CC(CBr)c1ccccc1. The molecule has 3 heteroatoms. The number of likely N-dealkylation sites (N-methyl/N-ethyl adjacent to an activating group) is 1. The Labute approximate surface area is 119 Å². The van der Waals surface area contributed by atoms with Gasteiger partial charge in [-0.3, -0.25) is 0 Å². The highest BCUT2D eigenvalue weighted by molar-refractivity contribution is 9.09. The highest BCUT2D eigenvalue weighted by Gasteiger charge is 2.12. The van der Waals surface area contributed by atoms with Crippen LogP contribution in [0.4, 0.5) is 0 Å². The van der Waals surface area contributed by atoms with Crippen LogP contribution < -0.4 is 0 Å². The molecule has 0 amide bonds. The predicted molar refractivity (Wildman–Crippen MR) is 81.4 cm³/mol. The maximum atomic E-state index is 8.74. The molecule has 102 valence electrons. The van der Waals surface area contributed by atoms with E-state index in [9.17, 15) is 0 Å². The minimum absolute atomic E-state index is 0.317. The molecule has 0 aromatic heterocycles. The summed E-state index contributed by atoms with van der Waals surface area (Å²) in [6.07, 6.45) is 3.21. The zero-order valence-corrected chi connectivity index (χ0v) is 12.8. The number of rotatable bonds is 9. The monoisotopic (exact) mass is 313 g/mol. The van der Waals surface area contributed by atoms with E-state index in [4.69, 9.17) is 5.11 Å². The summed E-state index contributed by atoms with van der Waals surface area (Å²) in [5.41, 5.74) is 1.40. The number of hydrogen-bond donors (Lipinski definition) is 1. The number of aliphatic hydroxyl groups is 1. The van der Waals surface area contributed by atoms with Crippen molar-refractivity contribution in [2.24, 2.45) is 0 Å². The van der Waals surface area contributed by atoms with E-state index in [1.165, 1.54) is 12.0 Å². The standard InChI is InChI=1S/C15H24BrNO/c1-17(10-6-3-7-11-18)13-15(12-16)14-8-4-2-5-9-14/h2,4-5,8-9,15,18H,3,6-7,10-13H2,1H3. The van der Waals surface area contributed by atoms with Crippen LogP contribution in [0.3, 0.4) is 0 Å². The molecule has 0 radical (unpaired) electrons. The van der Waals surface area contributed by atoms with Crippen molar-refractivity contribution in [3.63, 3.8) is 0 Å². The summed E-state index contributed by atoms with van der Waals surface area (Å²) in [7, 11) is 2.18. The van der Waals surface area contributed by atoms with Crippen LogP contribution in [0, 0.1) is 0 Å². The summed E-state index contributed by atoms with van der Waals surface area (Å²) in [5.74, 6) is 0.550. The maximum Gasteiger partial charge on any atom is 0.0431 e. The second-order valence-corrected chi connectivity index (χ2v) is 5.46. The van der Waals surface area contributed by atoms with Crippen molar-refractivity contribution >= 4 is 15.9 Å². The molecule has 0 saturated carbocycles. The van der Waals surface area contributed by atoms with Gasteiger partial charge in [0.1, 0.15) is 0 Å². The van der Waals surface area contributed by atoms with Gasteiger partial charge < -0.3 is 10.0 Å². The van der Waals surface area contributed by atoms with Gasteiger partial charge in [-0.05, 0) is 38.4 Å². The number of unbranched alkanes of at least 4 members (excludes halogenated alkanes) is 2. The fourth-order valence-electron chi connectivity index (χ4n) is 2.11. The molecule has 0 aliphatic heterocycles. The molecule has 1 N–H and O–H groups in total. The fourth-order valence-corrected chi connectivity index (χ4v) is 2.68. The second-order valence-electron chi connectivity index (χ2n) is 4.81. The van der Waals surface area contributed by atoms with E-state index in [2.05, 4.69) is 58.2 Å². The number of halogens is 1. The van der Waals surface area contributed by atoms with E-state index >= 15 is 0 Å². The van der Waals surface area contributed by atoms with Crippen molar-refractivity contribution in [3.8, 4) is 0 Å². The molecule has 1 aromatic carbocycles. The van der Waals surface area contributed by atoms with Gasteiger partial charge in [0.2, 0.25) is 0 Å². The topological polar surface area (TPSA) is 23.5 Å². The predicted octanol–water partition coefficient (Wildman–Crippen LogP) is 3.26. The molecular weight excluding hydrogens is 290 g/mol. The average Bonchev–Trinajstić information content (AvgIpc) is 2.42. The number of benzene rings is 1. The Morgan fingerprint density at radius 1 is 1.17 bits per heavy atom. The highest BCUT2D eigenvalue weighted by Crippen LogP contribution is 2.19. The van der Waals surface area contributed by atoms with E-state index in [1.807, 2.05) is 0 Å². The Bertz CT molecular complexity index is 305. The number of alkyl halides is 1. The second kappa shape index (κ2) is 9.54. The first-order valence-corrected chi connectivity index (χ1v) is 7.80. The number of nitrogens with zero attached hydrogens (tertiary/aromatic N) is 1. The van der Waals surface area contributed by atoms with Crippen LogP contribution in [0.1, 0.15) is 30.7 Å². The van der Waals surface area contributed by atoms with Gasteiger partial charge in [-0.25, -0.2) is 0 Å². The number of hydrogen-bond acceptors (Lipinski definition) is 2. The smallest absolute Gasteiger partial charge is 0.0431 e. The van der Waals surface area contributed by atoms with Gasteiger partial charge in [0.25, 0.3) is 0 Å². The van der Waals surface area contributed by atoms with Gasteiger partial charge in [0.05, 0.1) is 0 Å². The Hall–Kier alpha value is -0.380. The van der Waals surface area contributed by atoms with Crippen molar-refractivity contribution in [1.29, 1.82) is 0 Å². The first kappa shape index (κ1) is 15.7. The first-order chi connectivity index (χ1) is 8.77. The van der Waals surface area contributed by atoms with Crippen molar-refractivity contribution < 1.29 is 5.11 Å². The van der Waals surface area contributed by atoms with E-state index in [-0.39, 0.29) is 0 Å². The van der Waals surface area contributed by atoms with E-state index in [0.29, 0.717) is 12.5 Å². The molecule has 0 aliphatic carbocycles. The maximum absolute atomic E-state index is 8.74. The van der Waals surface area contributed by atoms with E-state index in [1.54, 1.807) is 0 Å². The molecule has 2 nitrogen and oxygen atoms in total. The summed E-state index contributed by atoms with van der Waals surface area (Å²) in [5, 5.41) is 9.74. The van der Waals surface area contributed by atoms with Crippen LogP contribution in [-0.4, -0.2) is 42.1 Å². The Morgan fingerprint density at radius 2 is 1.89 bits per heavy atom. The zero-order chi connectivity index (χ0) is 13.2. The van der Waals surface area contributed by atoms with Crippen molar-refractivity contribution in [2.45, 2.75) is 25.2 Å². The Kier molecular flexibility index (Phi) is 8.31. The first-order valence-electron chi connectivity index (χ1n) is 6.68. The van der Waals surface area contributed by atoms with Crippen molar-refractivity contribution in [2.75, 3.05) is 32.1 Å².